The fourth-order valence-corrected chi connectivity index (χ4v) is 4.84. The van der Waals surface area contributed by atoms with Gasteiger partial charge in [0.15, 0.2) is 5.65 Å². The molecule has 2 aromatic carbocycles. The Morgan fingerprint density at radius 2 is 1.95 bits per heavy atom. The van der Waals surface area contributed by atoms with E-state index in [0.717, 1.165) is 36.1 Å². The summed E-state index contributed by atoms with van der Waals surface area (Å²) in [6.45, 7) is 4.84. The van der Waals surface area contributed by atoms with E-state index in [0.29, 0.717) is 29.8 Å². The van der Waals surface area contributed by atoms with Crippen LogP contribution in [0.5, 0.6) is 5.75 Å². The lowest BCUT2D eigenvalue weighted by molar-refractivity contribution is -0.274. The van der Waals surface area contributed by atoms with Gasteiger partial charge in [0.05, 0.1) is 11.4 Å². The second-order valence-corrected chi connectivity index (χ2v) is 9.49. The number of aromatic nitrogens is 4. The van der Waals surface area contributed by atoms with E-state index in [-0.39, 0.29) is 29.9 Å². The van der Waals surface area contributed by atoms with Crippen LogP contribution in [0, 0.1) is 0 Å². The predicted molar refractivity (Wildman–Crippen MR) is 145 cm³/mol. The van der Waals surface area contributed by atoms with Crippen LogP contribution in [0.2, 0.25) is 0 Å². The van der Waals surface area contributed by atoms with Gasteiger partial charge < -0.3 is 20.7 Å². The number of carbonyl (C=O) groups excluding carboxylic acids is 2. The van der Waals surface area contributed by atoms with Crippen molar-refractivity contribution in [3.05, 3.63) is 78.6 Å². The topological polar surface area (TPSA) is 128 Å². The van der Waals surface area contributed by atoms with E-state index in [2.05, 4.69) is 26.6 Å². The quantitative estimate of drug-likeness (QED) is 0.321. The largest absolute Gasteiger partial charge is 0.573 e. The van der Waals surface area contributed by atoms with E-state index in [1.165, 1.54) is 24.5 Å². The van der Waals surface area contributed by atoms with Gasteiger partial charge in [0.2, 0.25) is 5.91 Å². The number of nitrogens with zero attached hydrogens (tertiary/aromatic N) is 5. The predicted octanol–water partition coefficient (Wildman–Crippen LogP) is 4.25. The van der Waals surface area contributed by atoms with Crippen molar-refractivity contribution in [3.8, 4) is 17.0 Å². The molecule has 212 valence electrons. The first-order valence-corrected chi connectivity index (χ1v) is 12.8. The monoisotopic (exact) mass is 565 g/mol. The van der Waals surface area contributed by atoms with E-state index < -0.39 is 18.0 Å². The smallest absolute Gasteiger partial charge is 0.406 e. The van der Waals surface area contributed by atoms with Gasteiger partial charge in [-0.2, -0.15) is 5.10 Å². The molecule has 1 unspecified atom stereocenters. The molecule has 1 fully saturated rings. The van der Waals surface area contributed by atoms with Crippen LogP contribution in [0.15, 0.2) is 67.5 Å². The zero-order valence-electron chi connectivity index (χ0n) is 21.8. The Morgan fingerprint density at radius 1 is 1.17 bits per heavy atom. The number of carbonyl (C=O) groups is 2. The van der Waals surface area contributed by atoms with Crippen LogP contribution in [-0.4, -0.2) is 55.9 Å². The average molecular weight is 566 g/mol. The molecule has 1 aliphatic rings. The Hall–Kier alpha value is -4.94. The highest BCUT2D eigenvalue weighted by molar-refractivity contribution is 5.98. The maximum atomic E-state index is 12.5. The van der Waals surface area contributed by atoms with Gasteiger partial charge in [0, 0.05) is 30.8 Å². The highest BCUT2D eigenvalue weighted by Crippen LogP contribution is 2.34. The SMILES string of the molecule is C=CC(=O)N1CCCC(n2nc(-c3ccc(CNC(=O)c4cccc(OC(F)(F)F)c4)cc3)c3c(N)ncnc32)C1. The molecule has 0 spiro atoms. The lowest BCUT2D eigenvalue weighted by Crippen LogP contribution is -2.40. The fraction of sp³-hybridized carbons (Fsp3) is 0.250. The standard InChI is InChI=1S/C28H26F3N7O3/c1-2-22(39)37-12-4-6-20(15-37)38-26-23(25(32)34-16-35-26)24(36-38)18-10-8-17(9-11-18)14-33-27(40)19-5-3-7-21(13-19)41-28(29,30)31/h2-3,5,7-11,13,16,20H,1,4,6,12,14-15H2,(H,33,40)(H2,32,34,35). The van der Waals surface area contributed by atoms with Crippen LogP contribution in [0.4, 0.5) is 19.0 Å². The summed E-state index contributed by atoms with van der Waals surface area (Å²) in [6, 6.07) is 12.0. The molecular weight excluding hydrogens is 539 g/mol. The van der Waals surface area contributed by atoms with Crippen LogP contribution in [0.3, 0.4) is 0 Å². The molecule has 1 saturated heterocycles. The molecule has 5 rings (SSSR count). The number of ether oxygens (including phenoxy) is 1. The van der Waals surface area contributed by atoms with Crippen molar-refractivity contribution in [2.24, 2.45) is 0 Å². The van der Waals surface area contributed by atoms with Gasteiger partial charge in [-0.1, -0.05) is 36.9 Å². The molecule has 1 aliphatic heterocycles. The van der Waals surface area contributed by atoms with Crippen LogP contribution in [-0.2, 0) is 11.3 Å². The summed E-state index contributed by atoms with van der Waals surface area (Å²) < 4.78 is 43.2. The van der Waals surface area contributed by atoms with Gasteiger partial charge >= 0.3 is 6.36 Å². The fourth-order valence-electron chi connectivity index (χ4n) is 4.84. The van der Waals surface area contributed by atoms with E-state index in [4.69, 9.17) is 10.8 Å². The van der Waals surface area contributed by atoms with Crippen molar-refractivity contribution >= 4 is 28.7 Å². The minimum absolute atomic E-state index is 0.0342. The number of halogens is 3. The number of hydrogen-bond acceptors (Lipinski definition) is 7. The minimum atomic E-state index is -4.85. The third-order valence-corrected chi connectivity index (χ3v) is 6.76. The molecule has 0 saturated carbocycles. The van der Waals surface area contributed by atoms with Gasteiger partial charge in [-0.3, -0.25) is 9.59 Å². The number of nitrogens with two attached hydrogens (primary N) is 1. The summed E-state index contributed by atoms with van der Waals surface area (Å²) in [6.07, 6.45) is -0.549. The minimum Gasteiger partial charge on any atom is -0.406 e. The first-order chi connectivity index (χ1) is 19.6. The van der Waals surface area contributed by atoms with Gasteiger partial charge in [0.25, 0.3) is 5.91 Å². The Bertz CT molecular complexity index is 1600. The average Bonchev–Trinajstić information content (AvgIpc) is 3.36. The van der Waals surface area contributed by atoms with E-state index in [1.54, 1.807) is 21.7 Å². The summed E-state index contributed by atoms with van der Waals surface area (Å²) >= 11 is 0. The summed E-state index contributed by atoms with van der Waals surface area (Å²) in [5.41, 5.74) is 8.93. The Labute approximate surface area is 232 Å². The van der Waals surface area contributed by atoms with Crippen molar-refractivity contribution in [1.82, 2.24) is 30.0 Å². The molecule has 2 aromatic heterocycles. The third-order valence-electron chi connectivity index (χ3n) is 6.76. The van der Waals surface area contributed by atoms with Crippen molar-refractivity contribution in [2.75, 3.05) is 18.8 Å². The normalized spacial score (nSPS) is 15.5. The number of anilines is 1. The molecule has 13 heteroatoms. The van der Waals surface area contributed by atoms with E-state index in [1.807, 2.05) is 12.1 Å². The number of nitrogen functional groups attached to an aromatic ring is 1. The van der Waals surface area contributed by atoms with E-state index in [9.17, 15) is 22.8 Å². The van der Waals surface area contributed by atoms with Crippen LogP contribution in [0.25, 0.3) is 22.3 Å². The number of rotatable bonds is 7. The number of hydrogen-bond donors (Lipinski definition) is 2. The molecule has 0 aliphatic carbocycles. The zero-order valence-corrected chi connectivity index (χ0v) is 21.8. The second kappa shape index (κ2) is 11.3. The maximum Gasteiger partial charge on any atom is 0.573 e. The Morgan fingerprint density at radius 3 is 2.68 bits per heavy atom. The van der Waals surface area contributed by atoms with Gasteiger partial charge in [-0.25, -0.2) is 14.6 Å². The molecule has 1 atom stereocenters. The number of likely N-dealkylation sites (tertiary alicyclic amines) is 1. The summed E-state index contributed by atoms with van der Waals surface area (Å²) in [5, 5.41) is 8.14. The molecule has 10 nitrogen and oxygen atoms in total. The molecule has 41 heavy (non-hydrogen) atoms. The summed E-state index contributed by atoms with van der Waals surface area (Å²) in [5.74, 6) is -0.879. The second-order valence-electron chi connectivity index (χ2n) is 9.49. The van der Waals surface area contributed by atoms with Gasteiger partial charge in [-0.15, -0.1) is 13.2 Å². The zero-order chi connectivity index (χ0) is 29.1. The molecule has 0 bridgehead atoms. The molecule has 2 amide bonds. The van der Waals surface area contributed by atoms with Crippen LogP contribution < -0.4 is 15.8 Å². The lowest BCUT2D eigenvalue weighted by Gasteiger charge is -2.32. The Kier molecular flexibility index (Phi) is 7.60. The summed E-state index contributed by atoms with van der Waals surface area (Å²) in [7, 11) is 0. The van der Waals surface area contributed by atoms with Gasteiger partial charge in [0.1, 0.15) is 23.6 Å². The molecule has 3 heterocycles. The van der Waals surface area contributed by atoms with Crippen molar-refractivity contribution < 1.29 is 27.5 Å². The maximum absolute atomic E-state index is 12.5. The molecular formula is C28H26F3N7O3. The third kappa shape index (κ3) is 6.13. The molecule has 4 aromatic rings. The first kappa shape index (κ1) is 27.6. The van der Waals surface area contributed by atoms with Crippen molar-refractivity contribution in [3.63, 3.8) is 0 Å². The number of amides is 2. The van der Waals surface area contributed by atoms with Gasteiger partial charge in [-0.05, 0) is 42.7 Å². The number of piperidine rings is 1. The molecule has 3 N–H and O–H groups in total. The number of fused-ring (bicyclic) bond motifs is 1. The van der Waals surface area contributed by atoms with Crippen molar-refractivity contribution in [1.29, 1.82) is 0 Å². The number of alkyl halides is 3. The first-order valence-electron chi connectivity index (χ1n) is 12.8. The van der Waals surface area contributed by atoms with Crippen LogP contribution >= 0.6 is 0 Å². The number of benzene rings is 2. The van der Waals surface area contributed by atoms with E-state index >= 15 is 0 Å². The Balaban J connectivity index is 1.34. The number of nitrogens with one attached hydrogen (secondary N) is 1. The highest BCUT2D eigenvalue weighted by Gasteiger charge is 2.31. The summed E-state index contributed by atoms with van der Waals surface area (Å²) in [4.78, 5) is 35.1. The van der Waals surface area contributed by atoms with Crippen LogP contribution in [0.1, 0.15) is 34.8 Å². The lowest BCUT2D eigenvalue weighted by atomic mass is 10.1. The van der Waals surface area contributed by atoms with Crippen molar-refractivity contribution in [2.45, 2.75) is 31.8 Å². The highest BCUT2D eigenvalue weighted by atomic mass is 19.4. The molecule has 0 radical (unpaired) electrons.